The molecule has 0 aliphatic heterocycles. The summed E-state index contributed by atoms with van der Waals surface area (Å²) < 4.78 is 31.2. The van der Waals surface area contributed by atoms with E-state index in [-0.39, 0.29) is 17.9 Å². The van der Waals surface area contributed by atoms with E-state index in [0.29, 0.717) is 11.4 Å². The summed E-state index contributed by atoms with van der Waals surface area (Å²) in [4.78, 5) is 11.8. The summed E-state index contributed by atoms with van der Waals surface area (Å²) in [5, 5.41) is 2.63. The number of amides is 1. The predicted octanol–water partition coefficient (Wildman–Crippen LogP) is 3.15. The van der Waals surface area contributed by atoms with Gasteiger partial charge in [0.2, 0.25) is 5.91 Å². The number of hydrogen-bond donors (Lipinski definition) is 1. The first-order chi connectivity index (χ1) is 9.58. The van der Waals surface area contributed by atoms with E-state index in [1.54, 1.807) is 24.3 Å². The maximum Gasteiger partial charge on any atom is 0.228 e. The molecule has 0 unspecified atom stereocenters. The first-order valence-electron chi connectivity index (χ1n) is 5.96. The van der Waals surface area contributed by atoms with Crippen molar-refractivity contribution in [3.63, 3.8) is 0 Å². The second-order valence-electron chi connectivity index (χ2n) is 4.19. The van der Waals surface area contributed by atoms with Crippen LogP contribution in [0.4, 0.5) is 14.5 Å². The Balaban J connectivity index is 2.05. The number of ether oxygens (including phenoxy) is 1. The lowest BCUT2D eigenvalue weighted by Gasteiger charge is -2.07. The molecule has 0 fully saturated rings. The van der Waals surface area contributed by atoms with Crippen LogP contribution in [-0.4, -0.2) is 13.0 Å². The van der Waals surface area contributed by atoms with Crippen molar-refractivity contribution in [3.05, 3.63) is 59.7 Å². The third kappa shape index (κ3) is 3.54. The molecule has 0 heterocycles. The smallest absolute Gasteiger partial charge is 0.228 e. The van der Waals surface area contributed by atoms with E-state index in [1.807, 2.05) is 0 Å². The zero-order valence-electron chi connectivity index (χ0n) is 10.8. The lowest BCUT2D eigenvalue weighted by atomic mass is 10.1. The molecule has 0 saturated heterocycles. The number of carbonyl (C=O) groups is 1. The fourth-order valence-electron chi connectivity index (χ4n) is 1.74. The van der Waals surface area contributed by atoms with Crippen LogP contribution in [0.3, 0.4) is 0 Å². The molecular formula is C15H13F2NO2. The monoisotopic (exact) mass is 277 g/mol. The molecule has 2 aromatic carbocycles. The molecule has 1 N–H and O–H groups in total. The number of halogens is 2. The van der Waals surface area contributed by atoms with Gasteiger partial charge in [0.1, 0.15) is 17.4 Å². The molecule has 0 atom stereocenters. The minimum atomic E-state index is -0.731. The first-order valence-corrected chi connectivity index (χ1v) is 5.96. The maximum absolute atomic E-state index is 13.4. The third-order valence-corrected chi connectivity index (χ3v) is 2.72. The Labute approximate surface area is 115 Å². The van der Waals surface area contributed by atoms with Crippen molar-refractivity contribution < 1.29 is 18.3 Å². The summed E-state index contributed by atoms with van der Waals surface area (Å²) in [6, 6.07) is 9.96. The van der Waals surface area contributed by atoms with Crippen molar-refractivity contribution >= 4 is 11.6 Å². The zero-order chi connectivity index (χ0) is 14.5. The molecule has 0 saturated carbocycles. The quantitative estimate of drug-likeness (QED) is 0.932. The average molecular weight is 277 g/mol. The summed E-state index contributed by atoms with van der Waals surface area (Å²) in [6.07, 6.45) is -0.163. The maximum atomic E-state index is 13.4. The fraction of sp³-hybridized carbons (Fsp3) is 0.133. The summed E-state index contributed by atoms with van der Waals surface area (Å²) in [7, 11) is 1.52. The largest absolute Gasteiger partial charge is 0.497 e. The van der Waals surface area contributed by atoms with Crippen LogP contribution in [-0.2, 0) is 11.2 Å². The van der Waals surface area contributed by atoms with Crippen LogP contribution in [0.2, 0.25) is 0 Å². The topological polar surface area (TPSA) is 38.3 Å². The van der Waals surface area contributed by atoms with Gasteiger partial charge in [0, 0.05) is 17.8 Å². The third-order valence-electron chi connectivity index (χ3n) is 2.72. The Hall–Kier alpha value is -2.43. The predicted molar refractivity (Wildman–Crippen MR) is 71.7 cm³/mol. The van der Waals surface area contributed by atoms with Gasteiger partial charge >= 0.3 is 0 Å². The van der Waals surface area contributed by atoms with Gasteiger partial charge in [-0.05, 0) is 23.8 Å². The van der Waals surface area contributed by atoms with Gasteiger partial charge in [-0.1, -0.05) is 12.1 Å². The Morgan fingerprint density at radius 2 is 2.00 bits per heavy atom. The fourth-order valence-corrected chi connectivity index (χ4v) is 1.74. The van der Waals surface area contributed by atoms with Crippen molar-refractivity contribution in [3.8, 4) is 5.75 Å². The molecule has 0 aromatic heterocycles. The normalized spacial score (nSPS) is 10.2. The van der Waals surface area contributed by atoms with Gasteiger partial charge in [-0.3, -0.25) is 4.79 Å². The number of nitrogens with one attached hydrogen (secondary N) is 1. The van der Waals surface area contributed by atoms with Crippen LogP contribution < -0.4 is 10.1 Å². The second kappa shape index (κ2) is 6.14. The van der Waals surface area contributed by atoms with E-state index < -0.39 is 11.6 Å². The molecule has 20 heavy (non-hydrogen) atoms. The molecule has 0 bridgehead atoms. The van der Waals surface area contributed by atoms with Gasteiger partial charge in [-0.25, -0.2) is 8.78 Å². The summed E-state index contributed by atoms with van der Waals surface area (Å²) in [5.41, 5.74) is 0.698. The Morgan fingerprint density at radius 1 is 1.20 bits per heavy atom. The molecule has 1 amide bonds. The number of anilines is 1. The molecule has 2 rings (SSSR count). The number of benzene rings is 2. The second-order valence-corrected chi connectivity index (χ2v) is 4.19. The van der Waals surface area contributed by atoms with Crippen molar-refractivity contribution in [1.82, 2.24) is 0 Å². The molecule has 0 radical (unpaired) electrons. The number of hydrogen-bond acceptors (Lipinski definition) is 2. The van der Waals surface area contributed by atoms with Gasteiger partial charge in [0.25, 0.3) is 0 Å². The van der Waals surface area contributed by atoms with Crippen molar-refractivity contribution in [2.45, 2.75) is 6.42 Å². The first kappa shape index (κ1) is 14.0. The van der Waals surface area contributed by atoms with Crippen LogP contribution in [0.5, 0.6) is 5.75 Å². The Kier molecular flexibility index (Phi) is 4.30. The van der Waals surface area contributed by atoms with E-state index >= 15 is 0 Å². The van der Waals surface area contributed by atoms with Crippen molar-refractivity contribution in [2.24, 2.45) is 0 Å². The van der Waals surface area contributed by atoms with E-state index in [2.05, 4.69) is 5.32 Å². The lowest BCUT2D eigenvalue weighted by molar-refractivity contribution is -0.115. The van der Waals surface area contributed by atoms with Crippen LogP contribution in [0.1, 0.15) is 5.56 Å². The standard InChI is InChI=1S/C15H13F2NO2/c1-20-13-4-2-3-12(9-13)18-15(19)7-10-5-6-11(16)8-14(10)17/h2-6,8-9H,7H2,1H3,(H,18,19). The zero-order valence-corrected chi connectivity index (χ0v) is 10.8. The molecular weight excluding hydrogens is 264 g/mol. The molecule has 3 nitrogen and oxygen atoms in total. The SMILES string of the molecule is COc1cccc(NC(=O)Cc2ccc(F)cc2F)c1. The molecule has 2 aromatic rings. The van der Waals surface area contributed by atoms with E-state index in [9.17, 15) is 13.6 Å². The lowest BCUT2D eigenvalue weighted by Crippen LogP contribution is -2.15. The minimum absolute atomic E-state index is 0.145. The molecule has 0 aliphatic rings. The highest BCUT2D eigenvalue weighted by Gasteiger charge is 2.09. The highest BCUT2D eigenvalue weighted by atomic mass is 19.1. The Bertz CT molecular complexity index is 629. The van der Waals surface area contributed by atoms with Gasteiger partial charge in [0.05, 0.1) is 13.5 Å². The van der Waals surface area contributed by atoms with Gasteiger partial charge in [0.15, 0.2) is 0 Å². The highest BCUT2D eigenvalue weighted by Crippen LogP contribution is 2.17. The molecule has 0 aliphatic carbocycles. The van der Waals surface area contributed by atoms with Gasteiger partial charge in [-0.15, -0.1) is 0 Å². The van der Waals surface area contributed by atoms with Crippen LogP contribution >= 0.6 is 0 Å². The minimum Gasteiger partial charge on any atom is -0.497 e. The van der Waals surface area contributed by atoms with Crippen LogP contribution in [0, 0.1) is 11.6 Å². The van der Waals surface area contributed by atoms with Gasteiger partial charge in [-0.2, -0.15) is 0 Å². The van der Waals surface area contributed by atoms with Crippen LogP contribution in [0.25, 0.3) is 0 Å². The number of carbonyl (C=O) groups excluding carboxylic acids is 1. The van der Waals surface area contributed by atoms with E-state index in [4.69, 9.17) is 4.74 Å². The van der Waals surface area contributed by atoms with E-state index in [1.165, 1.54) is 13.2 Å². The number of rotatable bonds is 4. The van der Waals surface area contributed by atoms with Crippen LogP contribution in [0.15, 0.2) is 42.5 Å². The summed E-state index contributed by atoms with van der Waals surface area (Å²) in [5.74, 6) is -1.18. The average Bonchev–Trinajstić information content (AvgIpc) is 2.42. The molecule has 0 spiro atoms. The summed E-state index contributed by atoms with van der Waals surface area (Å²) in [6.45, 7) is 0. The van der Waals surface area contributed by atoms with E-state index in [0.717, 1.165) is 12.1 Å². The number of methoxy groups -OCH3 is 1. The molecule has 104 valence electrons. The van der Waals surface area contributed by atoms with Gasteiger partial charge < -0.3 is 10.1 Å². The van der Waals surface area contributed by atoms with Crippen molar-refractivity contribution in [2.75, 3.05) is 12.4 Å². The highest BCUT2D eigenvalue weighted by molar-refractivity contribution is 5.92. The summed E-state index contributed by atoms with van der Waals surface area (Å²) >= 11 is 0. The Morgan fingerprint density at radius 3 is 2.70 bits per heavy atom. The molecule has 5 heteroatoms. The van der Waals surface area contributed by atoms with Crippen molar-refractivity contribution in [1.29, 1.82) is 0 Å².